The van der Waals surface area contributed by atoms with Crippen molar-refractivity contribution >= 4 is 29.4 Å². The van der Waals surface area contributed by atoms with E-state index in [9.17, 15) is 14.0 Å². The van der Waals surface area contributed by atoms with Crippen LogP contribution in [0.25, 0.3) is 5.82 Å². The quantitative estimate of drug-likeness (QED) is 0.328. The van der Waals surface area contributed by atoms with Crippen molar-refractivity contribution in [2.24, 2.45) is 0 Å². The van der Waals surface area contributed by atoms with Crippen molar-refractivity contribution in [1.82, 2.24) is 44.7 Å². The topological polar surface area (TPSA) is 141 Å². The third-order valence-corrected chi connectivity index (χ3v) is 8.79. The summed E-state index contributed by atoms with van der Waals surface area (Å²) in [5, 5.41) is 14.3. The number of aromatic nitrogens is 7. The minimum atomic E-state index is -0.918. The molecule has 14 heteroatoms. The Labute approximate surface area is 253 Å². The van der Waals surface area contributed by atoms with Gasteiger partial charge in [-0.05, 0) is 58.1 Å². The lowest BCUT2D eigenvalue weighted by molar-refractivity contribution is -0.170. The standard InChI is InChI=1S/C30H34FN11O2/c1-18-12-24(35-25-13-19(2)37-38-25)36-29(34-18)39-10-8-30(9-11-39)28(44)40(17-27(43)42(30)23-5-6-23)20(3)21-4-7-26(32-14-21)41-16-22(31)15-33-41/h4,7,12-16,20,23H,5-6,8-11,17H2,1-3H3,(H2,34,35,36,37,38)/t20-/m0/s1. The van der Waals surface area contributed by atoms with Crippen LogP contribution in [0, 0.1) is 19.7 Å². The molecule has 0 unspecified atom stereocenters. The lowest BCUT2D eigenvalue weighted by Gasteiger charge is -2.53. The van der Waals surface area contributed by atoms with Crippen LogP contribution in [0.1, 0.15) is 55.6 Å². The van der Waals surface area contributed by atoms with E-state index in [1.54, 1.807) is 17.2 Å². The second kappa shape index (κ2) is 10.7. The molecule has 1 saturated carbocycles. The molecule has 4 aromatic heterocycles. The normalized spacial score (nSPS) is 19.1. The summed E-state index contributed by atoms with van der Waals surface area (Å²) in [4.78, 5) is 47.7. The summed E-state index contributed by atoms with van der Waals surface area (Å²) >= 11 is 0. The molecule has 3 aliphatic rings. The van der Waals surface area contributed by atoms with Crippen molar-refractivity contribution in [3.05, 3.63) is 65.6 Å². The van der Waals surface area contributed by atoms with Crippen LogP contribution in [0.3, 0.4) is 0 Å². The molecule has 1 aliphatic carbocycles. The number of piperazine rings is 1. The summed E-state index contributed by atoms with van der Waals surface area (Å²) in [7, 11) is 0. The first kappa shape index (κ1) is 27.9. The lowest BCUT2D eigenvalue weighted by Crippen LogP contribution is -2.71. The third-order valence-electron chi connectivity index (χ3n) is 8.79. The first-order chi connectivity index (χ1) is 21.2. The molecule has 2 saturated heterocycles. The van der Waals surface area contributed by atoms with E-state index in [0.717, 1.165) is 36.0 Å². The average Bonchev–Trinajstić information content (AvgIpc) is 3.61. The van der Waals surface area contributed by atoms with Crippen molar-refractivity contribution in [2.45, 2.75) is 64.1 Å². The average molecular weight is 600 g/mol. The van der Waals surface area contributed by atoms with E-state index in [1.165, 1.54) is 10.9 Å². The van der Waals surface area contributed by atoms with Crippen LogP contribution in [-0.2, 0) is 9.59 Å². The zero-order chi connectivity index (χ0) is 30.6. The molecule has 44 heavy (non-hydrogen) atoms. The van der Waals surface area contributed by atoms with Crippen LogP contribution >= 0.6 is 0 Å². The van der Waals surface area contributed by atoms with Crippen LogP contribution in [0.5, 0.6) is 0 Å². The number of hydrogen-bond acceptors (Lipinski definition) is 9. The molecule has 1 atom stereocenters. The first-order valence-electron chi connectivity index (χ1n) is 14.9. The maximum atomic E-state index is 14.4. The first-order valence-corrected chi connectivity index (χ1v) is 14.9. The van der Waals surface area contributed by atoms with E-state index in [1.807, 2.05) is 43.9 Å². The van der Waals surface area contributed by atoms with Gasteiger partial charge in [-0.25, -0.2) is 19.0 Å². The van der Waals surface area contributed by atoms with Crippen molar-refractivity contribution in [3.63, 3.8) is 0 Å². The van der Waals surface area contributed by atoms with E-state index in [0.29, 0.717) is 49.3 Å². The monoisotopic (exact) mass is 599 g/mol. The maximum absolute atomic E-state index is 14.4. The predicted molar refractivity (Wildman–Crippen MR) is 159 cm³/mol. The van der Waals surface area contributed by atoms with Gasteiger partial charge >= 0.3 is 0 Å². The fourth-order valence-corrected chi connectivity index (χ4v) is 6.39. The molecule has 0 bridgehead atoms. The van der Waals surface area contributed by atoms with Gasteiger partial charge in [0, 0.05) is 48.8 Å². The van der Waals surface area contributed by atoms with Crippen molar-refractivity contribution in [1.29, 1.82) is 0 Å². The van der Waals surface area contributed by atoms with Crippen molar-refractivity contribution in [2.75, 3.05) is 29.9 Å². The van der Waals surface area contributed by atoms with Gasteiger partial charge in [0.2, 0.25) is 17.8 Å². The Morgan fingerprint density at radius 3 is 2.50 bits per heavy atom. The van der Waals surface area contributed by atoms with Crippen molar-refractivity contribution < 1.29 is 14.0 Å². The number of aromatic amines is 1. The third kappa shape index (κ3) is 5.03. The maximum Gasteiger partial charge on any atom is 0.249 e. The second-order valence-electron chi connectivity index (χ2n) is 11.9. The summed E-state index contributed by atoms with van der Waals surface area (Å²) < 4.78 is 14.8. The van der Waals surface area contributed by atoms with Crippen LogP contribution in [0.4, 0.5) is 22.0 Å². The SMILES string of the molecule is Cc1cc(Nc2cc(C)[nH]n2)nc(N2CCC3(CC2)C(=O)N([C@@H](C)c2ccc(-n4cc(F)cn4)nc2)CC(=O)N3C2CC2)n1. The van der Waals surface area contributed by atoms with Gasteiger partial charge in [0.1, 0.15) is 17.9 Å². The van der Waals surface area contributed by atoms with Gasteiger partial charge in [0.15, 0.2) is 17.5 Å². The molecular formula is C30H34FN11O2. The molecule has 7 rings (SSSR count). The number of amides is 2. The minimum absolute atomic E-state index is 0.0171. The number of carbonyl (C=O) groups excluding carboxylic acids is 2. The molecule has 1 spiro atoms. The van der Waals surface area contributed by atoms with Gasteiger partial charge in [-0.2, -0.15) is 15.2 Å². The molecule has 2 aliphatic heterocycles. The van der Waals surface area contributed by atoms with Crippen LogP contribution in [0.2, 0.25) is 0 Å². The zero-order valence-electron chi connectivity index (χ0n) is 24.9. The van der Waals surface area contributed by atoms with E-state index in [2.05, 4.69) is 35.5 Å². The zero-order valence-corrected chi connectivity index (χ0v) is 24.9. The van der Waals surface area contributed by atoms with Gasteiger partial charge in [0.05, 0.1) is 18.4 Å². The molecular weight excluding hydrogens is 565 g/mol. The number of anilines is 3. The Morgan fingerprint density at radius 2 is 1.86 bits per heavy atom. The fourth-order valence-electron chi connectivity index (χ4n) is 6.39. The predicted octanol–water partition coefficient (Wildman–Crippen LogP) is 3.21. The van der Waals surface area contributed by atoms with E-state index in [4.69, 9.17) is 4.98 Å². The molecule has 3 fully saturated rings. The minimum Gasteiger partial charge on any atom is -0.341 e. The number of halogens is 1. The summed E-state index contributed by atoms with van der Waals surface area (Å²) in [5.41, 5.74) is 1.62. The van der Waals surface area contributed by atoms with Crippen molar-refractivity contribution in [3.8, 4) is 5.82 Å². The smallest absolute Gasteiger partial charge is 0.249 e. The highest BCUT2D eigenvalue weighted by molar-refractivity contribution is 5.99. The Bertz CT molecular complexity index is 1710. The highest BCUT2D eigenvalue weighted by Crippen LogP contribution is 2.44. The largest absolute Gasteiger partial charge is 0.341 e. The molecule has 0 aromatic carbocycles. The summed E-state index contributed by atoms with van der Waals surface area (Å²) in [6, 6.07) is 7.07. The molecule has 0 radical (unpaired) electrons. The van der Waals surface area contributed by atoms with Crippen LogP contribution in [-0.4, -0.2) is 87.8 Å². The van der Waals surface area contributed by atoms with E-state index >= 15 is 0 Å². The number of carbonyl (C=O) groups is 2. The molecule has 228 valence electrons. The van der Waals surface area contributed by atoms with E-state index < -0.39 is 11.4 Å². The molecule has 4 aromatic rings. The number of rotatable bonds is 7. The van der Waals surface area contributed by atoms with Crippen LogP contribution in [0.15, 0.2) is 42.9 Å². The number of aryl methyl sites for hydroxylation is 2. The summed E-state index contributed by atoms with van der Waals surface area (Å²) in [6.07, 6.45) is 6.83. The number of H-pyrrole nitrogens is 1. The van der Waals surface area contributed by atoms with E-state index in [-0.39, 0.29) is 30.4 Å². The molecule has 2 amide bonds. The number of nitrogens with one attached hydrogen (secondary N) is 2. The highest BCUT2D eigenvalue weighted by atomic mass is 19.1. The van der Waals surface area contributed by atoms with Gasteiger partial charge in [0.25, 0.3) is 0 Å². The summed E-state index contributed by atoms with van der Waals surface area (Å²) in [5.74, 6) is 1.85. The Balaban J connectivity index is 1.11. The lowest BCUT2D eigenvalue weighted by atomic mass is 9.81. The number of pyridine rings is 1. The fraction of sp³-hybridized carbons (Fsp3) is 0.433. The highest BCUT2D eigenvalue weighted by Gasteiger charge is 2.58. The Hall–Kier alpha value is -4.88. The number of hydrogen-bond donors (Lipinski definition) is 2. The Morgan fingerprint density at radius 1 is 1.07 bits per heavy atom. The molecule has 6 heterocycles. The number of nitrogens with zero attached hydrogens (tertiary/aromatic N) is 9. The second-order valence-corrected chi connectivity index (χ2v) is 11.9. The van der Waals surface area contributed by atoms with Gasteiger partial charge in [-0.3, -0.25) is 14.7 Å². The van der Waals surface area contributed by atoms with Gasteiger partial charge < -0.3 is 20.0 Å². The molecule has 2 N–H and O–H groups in total. The molecule has 13 nitrogen and oxygen atoms in total. The van der Waals surface area contributed by atoms with Crippen LogP contribution < -0.4 is 10.2 Å². The number of piperidine rings is 1. The van der Waals surface area contributed by atoms with Gasteiger partial charge in [-0.15, -0.1) is 0 Å². The Kier molecular flexibility index (Phi) is 6.78. The van der Waals surface area contributed by atoms with Gasteiger partial charge in [-0.1, -0.05) is 6.07 Å². The summed E-state index contributed by atoms with van der Waals surface area (Å²) in [6.45, 7) is 6.86.